The van der Waals surface area contributed by atoms with Crippen LogP contribution in [0.3, 0.4) is 0 Å². The first-order valence-electron chi connectivity index (χ1n) is 7.95. The van der Waals surface area contributed by atoms with Gasteiger partial charge in [-0.2, -0.15) is 0 Å². The molecule has 1 aliphatic heterocycles. The number of carbonyl (C=O) groups is 2. The Kier molecular flexibility index (Phi) is 3.03. The molecule has 1 saturated carbocycles. The minimum atomic E-state index is -0.0617. The molecule has 4 heteroatoms. The number of ether oxygens (including phenoxy) is 1. The largest absolute Gasteiger partial charge is 0.383 e. The van der Waals surface area contributed by atoms with Gasteiger partial charge in [0.2, 0.25) is 0 Å². The molecule has 0 aromatic carbocycles. The summed E-state index contributed by atoms with van der Waals surface area (Å²) in [4.78, 5) is 27.3. The average molecular weight is 287 g/mol. The molecule has 2 bridgehead atoms. The highest BCUT2D eigenvalue weighted by Gasteiger charge is 2.53. The van der Waals surface area contributed by atoms with E-state index in [-0.39, 0.29) is 29.6 Å². The molecule has 0 aromatic rings. The van der Waals surface area contributed by atoms with Crippen molar-refractivity contribution < 1.29 is 14.3 Å². The third kappa shape index (κ3) is 1.85. The number of rotatable bonds is 3. The van der Waals surface area contributed by atoms with E-state index in [1.54, 1.807) is 7.11 Å². The molecule has 1 saturated heterocycles. The molecule has 5 atom stereocenters. The second-order valence-electron chi connectivity index (χ2n) is 6.75. The third-order valence-corrected chi connectivity index (χ3v) is 5.67. The molecular weight excluding hydrogens is 266 g/mol. The summed E-state index contributed by atoms with van der Waals surface area (Å²) in [6.45, 7) is 1.31. The second kappa shape index (κ2) is 4.80. The number of hydrogen-bond acceptors (Lipinski definition) is 3. The molecule has 3 aliphatic carbocycles. The Morgan fingerprint density at radius 1 is 1.38 bits per heavy atom. The first-order valence-corrected chi connectivity index (χ1v) is 7.95. The number of amides is 1. The van der Waals surface area contributed by atoms with Gasteiger partial charge in [-0.25, -0.2) is 0 Å². The zero-order valence-electron chi connectivity index (χ0n) is 12.3. The fourth-order valence-electron chi connectivity index (χ4n) is 4.71. The van der Waals surface area contributed by atoms with Crippen molar-refractivity contribution in [2.24, 2.45) is 23.7 Å². The number of fused-ring (bicyclic) bond motifs is 5. The van der Waals surface area contributed by atoms with Gasteiger partial charge in [0, 0.05) is 19.6 Å². The summed E-state index contributed by atoms with van der Waals surface area (Å²) in [7, 11) is 1.66. The molecule has 4 rings (SSSR count). The van der Waals surface area contributed by atoms with E-state index < -0.39 is 0 Å². The Hall–Kier alpha value is -1.42. The van der Waals surface area contributed by atoms with Crippen molar-refractivity contribution in [2.45, 2.75) is 25.3 Å². The average Bonchev–Trinajstić information content (AvgIpc) is 3.20. The first kappa shape index (κ1) is 13.3. The number of methoxy groups -OCH3 is 1. The van der Waals surface area contributed by atoms with Gasteiger partial charge in [-0.1, -0.05) is 18.2 Å². The monoisotopic (exact) mass is 287 g/mol. The number of Topliss-reactive ketones (excluding diaryl/α,β-unsaturated/α-hetero) is 1. The summed E-state index contributed by atoms with van der Waals surface area (Å²) >= 11 is 0. The normalized spacial score (nSPS) is 40.0. The van der Waals surface area contributed by atoms with Crippen LogP contribution in [0.15, 0.2) is 23.8 Å². The number of likely N-dealkylation sites (tertiary alicyclic amines) is 1. The fraction of sp³-hybridized carbons (Fsp3) is 0.647. The Morgan fingerprint density at radius 3 is 2.95 bits per heavy atom. The topological polar surface area (TPSA) is 46.6 Å². The van der Waals surface area contributed by atoms with E-state index in [2.05, 4.69) is 12.2 Å². The van der Waals surface area contributed by atoms with Gasteiger partial charge in [0.25, 0.3) is 5.91 Å². The number of allylic oxidation sites excluding steroid dienone is 3. The predicted molar refractivity (Wildman–Crippen MR) is 77.4 cm³/mol. The SMILES string of the molecule is COC[C@@H]1CCCN1C(=O)C1=C[C@@H]2[C@H](C1=O)[C@@H]1C=C[C@H]2C1. The number of ketones is 1. The van der Waals surface area contributed by atoms with Gasteiger partial charge >= 0.3 is 0 Å². The summed E-state index contributed by atoms with van der Waals surface area (Å²) in [5.74, 6) is 1.18. The van der Waals surface area contributed by atoms with Crippen molar-refractivity contribution in [3.8, 4) is 0 Å². The molecule has 0 N–H and O–H groups in total. The molecule has 21 heavy (non-hydrogen) atoms. The molecule has 4 aliphatic rings. The Labute approximate surface area is 124 Å². The zero-order chi connectivity index (χ0) is 14.6. The lowest BCUT2D eigenvalue weighted by Crippen LogP contribution is -2.40. The maximum atomic E-state index is 12.8. The van der Waals surface area contributed by atoms with Gasteiger partial charge in [0.1, 0.15) is 0 Å². The lowest BCUT2D eigenvalue weighted by atomic mass is 9.85. The molecule has 4 nitrogen and oxygen atoms in total. The highest BCUT2D eigenvalue weighted by atomic mass is 16.5. The van der Waals surface area contributed by atoms with E-state index in [1.165, 1.54) is 0 Å². The van der Waals surface area contributed by atoms with Crippen LogP contribution in [-0.4, -0.2) is 42.9 Å². The fourth-order valence-corrected chi connectivity index (χ4v) is 4.71. The van der Waals surface area contributed by atoms with E-state index in [4.69, 9.17) is 4.74 Å². The van der Waals surface area contributed by atoms with Crippen molar-refractivity contribution in [3.05, 3.63) is 23.8 Å². The number of carbonyl (C=O) groups excluding carboxylic acids is 2. The smallest absolute Gasteiger partial charge is 0.257 e. The summed E-state index contributed by atoms with van der Waals surface area (Å²) < 4.78 is 5.21. The Bertz CT molecular complexity index is 550. The summed E-state index contributed by atoms with van der Waals surface area (Å²) in [5.41, 5.74) is 0.450. The van der Waals surface area contributed by atoms with Crippen molar-refractivity contribution in [1.29, 1.82) is 0 Å². The minimum Gasteiger partial charge on any atom is -0.383 e. The van der Waals surface area contributed by atoms with Crippen LogP contribution in [-0.2, 0) is 14.3 Å². The van der Waals surface area contributed by atoms with E-state index >= 15 is 0 Å². The van der Waals surface area contributed by atoms with Crippen LogP contribution in [0.1, 0.15) is 19.3 Å². The van der Waals surface area contributed by atoms with Gasteiger partial charge in [-0.3, -0.25) is 9.59 Å². The van der Waals surface area contributed by atoms with Gasteiger partial charge in [0.15, 0.2) is 5.78 Å². The van der Waals surface area contributed by atoms with Crippen LogP contribution in [0.2, 0.25) is 0 Å². The molecule has 0 aromatic heterocycles. The van der Waals surface area contributed by atoms with E-state index in [0.29, 0.717) is 24.0 Å². The van der Waals surface area contributed by atoms with E-state index in [9.17, 15) is 9.59 Å². The lowest BCUT2D eigenvalue weighted by Gasteiger charge is -2.24. The minimum absolute atomic E-state index is 0.0439. The Morgan fingerprint density at radius 2 is 2.19 bits per heavy atom. The molecule has 1 amide bonds. The maximum absolute atomic E-state index is 12.8. The predicted octanol–water partition coefficient (Wildman–Crippen LogP) is 1.57. The molecular formula is C17H21NO3. The third-order valence-electron chi connectivity index (χ3n) is 5.67. The van der Waals surface area contributed by atoms with Crippen LogP contribution in [0.25, 0.3) is 0 Å². The standard InChI is InChI=1S/C17H21NO3/c1-21-9-12-3-2-6-18(12)17(20)14-8-13-10-4-5-11(7-10)15(13)16(14)19/h4-5,8,10-13,15H,2-3,6-7,9H2,1H3/t10-,11+,12-,13-,15+/m0/s1. The highest BCUT2D eigenvalue weighted by Crippen LogP contribution is 2.53. The molecule has 2 fully saturated rings. The van der Waals surface area contributed by atoms with Gasteiger partial charge in [0.05, 0.1) is 18.2 Å². The summed E-state index contributed by atoms with van der Waals surface area (Å²) in [6, 6.07) is 0.131. The highest BCUT2D eigenvalue weighted by molar-refractivity contribution is 6.22. The van der Waals surface area contributed by atoms with Crippen LogP contribution in [0.5, 0.6) is 0 Å². The lowest BCUT2D eigenvalue weighted by molar-refractivity contribution is -0.131. The van der Waals surface area contributed by atoms with Gasteiger partial charge < -0.3 is 9.64 Å². The molecule has 0 unspecified atom stereocenters. The van der Waals surface area contributed by atoms with Crippen LogP contribution < -0.4 is 0 Å². The van der Waals surface area contributed by atoms with Crippen molar-refractivity contribution in [2.75, 3.05) is 20.3 Å². The van der Waals surface area contributed by atoms with Gasteiger partial charge in [-0.15, -0.1) is 0 Å². The number of hydrogen-bond donors (Lipinski definition) is 0. The Balaban J connectivity index is 1.56. The molecule has 1 heterocycles. The zero-order valence-corrected chi connectivity index (χ0v) is 12.3. The van der Waals surface area contributed by atoms with Crippen molar-refractivity contribution >= 4 is 11.7 Å². The summed E-state index contributed by atoms with van der Waals surface area (Å²) in [5, 5.41) is 0. The van der Waals surface area contributed by atoms with Crippen LogP contribution >= 0.6 is 0 Å². The molecule has 112 valence electrons. The molecule has 0 spiro atoms. The maximum Gasteiger partial charge on any atom is 0.257 e. The van der Waals surface area contributed by atoms with Crippen LogP contribution in [0, 0.1) is 23.7 Å². The van der Waals surface area contributed by atoms with Gasteiger partial charge in [-0.05, 0) is 37.0 Å². The van der Waals surface area contributed by atoms with Crippen molar-refractivity contribution in [3.63, 3.8) is 0 Å². The quantitative estimate of drug-likeness (QED) is 0.585. The summed E-state index contributed by atoms with van der Waals surface area (Å²) in [6.07, 6.45) is 9.45. The second-order valence-corrected chi connectivity index (χ2v) is 6.75. The van der Waals surface area contributed by atoms with Crippen molar-refractivity contribution in [1.82, 2.24) is 4.90 Å². The molecule has 0 radical (unpaired) electrons. The van der Waals surface area contributed by atoms with E-state index in [1.807, 2.05) is 11.0 Å². The van der Waals surface area contributed by atoms with E-state index in [0.717, 1.165) is 25.8 Å². The number of nitrogens with zero attached hydrogens (tertiary/aromatic N) is 1. The van der Waals surface area contributed by atoms with Crippen LogP contribution in [0.4, 0.5) is 0 Å². The first-order chi connectivity index (χ1) is 10.2.